The summed E-state index contributed by atoms with van der Waals surface area (Å²) >= 11 is 7.05. The van der Waals surface area contributed by atoms with Crippen molar-refractivity contribution in [3.8, 4) is 0 Å². The van der Waals surface area contributed by atoms with Crippen molar-refractivity contribution in [2.24, 2.45) is 0 Å². The second-order valence-corrected chi connectivity index (χ2v) is 6.10. The lowest BCUT2D eigenvalue weighted by Gasteiger charge is -2.08. The maximum absolute atomic E-state index is 4.49. The first-order chi connectivity index (χ1) is 9.11. The molecule has 0 aliphatic rings. The molecule has 3 nitrogen and oxygen atoms in total. The minimum Gasteiger partial charge on any atom is -0.307 e. The molecule has 0 bridgehead atoms. The highest BCUT2D eigenvalue weighted by Crippen LogP contribution is 2.21. The van der Waals surface area contributed by atoms with Crippen molar-refractivity contribution >= 4 is 31.9 Å². The van der Waals surface area contributed by atoms with Gasteiger partial charge in [0.05, 0.1) is 15.9 Å². The number of hydrogen-bond donors (Lipinski definition) is 1. The Labute approximate surface area is 130 Å². The molecule has 1 aromatic carbocycles. The van der Waals surface area contributed by atoms with Crippen LogP contribution < -0.4 is 5.32 Å². The van der Waals surface area contributed by atoms with Gasteiger partial charge in [-0.15, -0.1) is 0 Å². The van der Waals surface area contributed by atoms with Crippen LogP contribution in [0.4, 0.5) is 0 Å². The maximum Gasteiger partial charge on any atom is 0.0739 e. The van der Waals surface area contributed by atoms with Gasteiger partial charge in [0.15, 0.2) is 0 Å². The van der Waals surface area contributed by atoms with Gasteiger partial charge in [0.25, 0.3) is 0 Å². The van der Waals surface area contributed by atoms with Gasteiger partial charge in [0.2, 0.25) is 0 Å². The third kappa shape index (κ3) is 3.68. The van der Waals surface area contributed by atoms with E-state index in [0.29, 0.717) is 0 Å². The summed E-state index contributed by atoms with van der Waals surface area (Å²) in [6, 6.07) is 8.36. The monoisotopic (exact) mass is 385 g/mol. The molecule has 2 rings (SSSR count). The van der Waals surface area contributed by atoms with Crippen LogP contribution in [0, 0.1) is 6.92 Å². The molecule has 0 fully saturated rings. The summed E-state index contributed by atoms with van der Waals surface area (Å²) in [4.78, 5) is 0. The number of aryl methyl sites for hydroxylation is 2. The zero-order valence-electron chi connectivity index (χ0n) is 11.1. The van der Waals surface area contributed by atoms with Crippen LogP contribution in [-0.2, 0) is 19.6 Å². The summed E-state index contributed by atoms with van der Waals surface area (Å²) in [6.07, 6.45) is 0. The molecule has 1 aromatic heterocycles. The third-order valence-electron chi connectivity index (χ3n) is 2.99. The minimum absolute atomic E-state index is 0.811. The molecule has 0 aliphatic carbocycles. The van der Waals surface area contributed by atoms with E-state index in [1.807, 2.05) is 11.6 Å². The first-order valence-electron chi connectivity index (χ1n) is 6.28. The van der Waals surface area contributed by atoms with Gasteiger partial charge in [0.1, 0.15) is 0 Å². The number of hydrogen-bond acceptors (Lipinski definition) is 2. The van der Waals surface area contributed by atoms with Crippen molar-refractivity contribution in [3.05, 3.63) is 50.2 Å². The lowest BCUT2D eigenvalue weighted by molar-refractivity contribution is 0.578. The first kappa shape index (κ1) is 14.8. The summed E-state index contributed by atoms with van der Waals surface area (Å²) in [5, 5.41) is 7.95. The largest absolute Gasteiger partial charge is 0.307 e. The van der Waals surface area contributed by atoms with Gasteiger partial charge in [-0.2, -0.15) is 5.10 Å². The van der Waals surface area contributed by atoms with Crippen LogP contribution in [-0.4, -0.2) is 9.78 Å². The molecule has 0 unspecified atom stereocenters. The van der Waals surface area contributed by atoms with E-state index in [2.05, 4.69) is 73.5 Å². The fourth-order valence-corrected chi connectivity index (χ4v) is 2.65. The summed E-state index contributed by atoms with van der Waals surface area (Å²) < 4.78 is 4.25. The predicted molar refractivity (Wildman–Crippen MR) is 85.0 cm³/mol. The Morgan fingerprint density at radius 1 is 1.16 bits per heavy atom. The van der Waals surface area contributed by atoms with E-state index in [-0.39, 0.29) is 0 Å². The summed E-state index contributed by atoms with van der Waals surface area (Å²) in [5.41, 5.74) is 3.53. The number of rotatable bonds is 5. The Kier molecular flexibility index (Phi) is 5.19. The SMILES string of the molecule is CCn1nc(C)c(Br)c1CNCc1ccc(Br)cc1. The quantitative estimate of drug-likeness (QED) is 0.840. The lowest BCUT2D eigenvalue weighted by atomic mass is 10.2. The highest BCUT2D eigenvalue weighted by atomic mass is 79.9. The minimum atomic E-state index is 0.811. The van der Waals surface area contributed by atoms with Crippen LogP contribution in [0.15, 0.2) is 33.2 Å². The topological polar surface area (TPSA) is 29.9 Å². The van der Waals surface area contributed by atoms with E-state index in [9.17, 15) is 0 Å². The molecule has 0 saturated carbocycles. The molecular weight excluding hydrogens is 370 g/mol. The molecule has 0 amide bonds. The van der Waals surface area contributed by atoms with Gasteiger partial charge in [-0.05, 0) is 47.5 Å². The molecule has 0 saturated heterocycles. The van der Waals surface area contributed by atoms with Gasteiger partial charge in [-0.3, -0.25) is 4.68 Å². The van der Waals surface area contributed by atoms with Crippen molar-refractivity contribution < 1.29 is 0 Å². The molecule has 102 valence electrons. The summed E-state index contributed by atoms with van der Waals surface area (Å²) in [5.74, 6) is 0. The molecule has 19 heavy (non-hydrogen) atoms. The van der Waals surface area contributed by atoms with Gasteiger partial charge >= 0.3 is 0 Å². The Morgan fingerprint density at radius 3 is 2.47 bits per heavy atom. The van der Waals surface area contributed by atoms with Crippen LogP contribution in [0.5, 0.6) is 0 Å². The average Bonchev–Trinajstić information content (AvgIpc) is 2.68. The lowest BCUT2D eigenvalue weighted by Crippen LogP contribution is -2.16. The van der Waals surface area contributed by atoms with Crippen molar-refractivity contribution in [1.29, 1.82) is 0 Å². The number of nitrogens with zero attached hydrogens (tertiary/aromatic N) is 2. The van der Waals surface area contributed by atoms with Gasteiger partial charge < -0.3 is 5.32 Å². The van der Waals surface area contributed by atoms with Crippen LogP contribution in [0.3, 0.4) is 0 Å². The Balaban J connectivity index is 1.97. The highest BCUT2D eigenvalue weighted by Gasteiger charge is 2.11. The molecule has 0 atom stereocenters. The number of benzene rings is 1. The molecule has 0 radical (unpaired) electrons. The highest BCUT2D eigenvalue weighted by molar-refractivity contribution is 9.10. The van der Waals surface area contributed by atoms with E-state index >= 15 is 0 Å². The number of nitrogens with one attached hydrogen (secondary N) is 1. The molecule has 0 spiro atoms. The van der Waals surface area contributed by atoms with Crippen molar-refractivity contribution in [2.45, 2.75) is 33.5 Å². The normalized spacial score (nSPS) is 10.9. The zero-order chi connectivity index (χ0) is 13.8. The standard InChI is InChI=1S/C14H17Br2N3/c1-3-19-13(14(16)10(2)18-19)9-17-8-11-4-6-12(15)7-5-11/h4-7,17H,3,8-9H2,1-2H3. The molecule has 0 aliphatic heterocycles. The fourth-order valence-electron chi connectivity index (χ4n) is 1.97. The summed E-state index contributed by atoms with van der Waals surface area (Å²) in [6.45, 7) is 6.69. The van der Waals surface area contributed by atoms with Crippen LogP contribution in [0.25, 0.3) is 0 Å². The molecule has 2 aromatic rings. The Morgan fingerprint density at radius 2 is 1.84 bits per heavy atom. The van der Waals surface area contributed by atoms with E-state index in [1.165, 1.54) is 11.3 Å². The Hall–Kier alpha value is -0.650. The van der Waals surface area contributed by atoms with E-state index in [0.717, 1.165) is 34.3 Å². The second kappa shape index (κ2) is 6.68. The van der Waals surface area contributed by atoms with Crippen LogP contribution in [0.2, 0.25) is 0 Å². The van der Waals surface area contributed by atoms with Crippen molar-refractivity contribution in [2.75, 3.05) is 0 Å². The fraction of sp³-hybridized carbons (Fsp3) is 0.357. The van der Waals surface area contributed by atoms with Gasteiger partial charge in [-0.1, -0.05) is 28.1 Å². The van der Waals surface area contributed by atoms with Gasteiger partial charge in [0, 0.05) is 24.1 Å². The molecule has 5 heteroatoms. The Bertz CT molecular complexity index is 547. The predicted octanol–water partition coefficient (Wildman–Crippen LogP) is 4.03. The van der Waals surface area contributed by atoms with Crippen molar-refractivity contribution in [3.63, 3.8) is 0 Å². The van der Waals surface area contributed by atoms with Crippen LogP contribution >= 0.6 is 31.9 Å². The molecular formula is C14H17Br2N3. The third-order valence-corrected chi connectivity index (χ3v) is 4.55. The second-order valence-electron chi connectivity index (χ2n) is 4.39. The van der Waals surface area contributed by atoms with Gasteiger partial charge in [-0.25, -0.2) is 0 Å². The van der Waals surface area contributed by atoms with E-state index < -0.39 is 0 Å². The molecule has 1 heterocycles. The first-order valence-corrected chi connectivity index (χ1v) is 7.87. The maximum atomic E-state index is 4.49. The molecule has 1 N–H and O–H groups in total. The van der Waals surface area contributed by atoms with Crippen LogP contribution in [0.1, 0.15) is 23.9 Å². The van der Waals surface area contributed by atoms with E-state index in [1.54, 1.807) is 0 Å². The number of halogens is 2. The smallest absolute Gasteiger partial charge is 0.0739 e. The zero-order valence-corrected chi connectivity index (χ0v) is 14.3. The average molecular weight is 387 g/mol. The van der Waals surface area contributed by atoms with Crippen molar-refractivity contribution in [1.82, 2.24) is 15.1 Å². The van der Waals surface area contributed by atoms with E-state index in [4.69, 9.17) is 0 Å². The summed E-state index contributed by atoms with van der Waals surface area (Å²) in [7, 11) is 0. The number of aromatic nitrogens is 2.